The van der Waals surface area contributed by atoms with E-state index in [1.165, 1.54) is 0 Å². The minimum Gasteiger partial charge on any atom is -0.496 e. The van der Waals surface area contributed by atoms with Crippen LogP contribution in [-0.2, 0) is 11.3 Å². The molecule has 1 N–H and O–H groups in total. The second kappa shape index (κ2) is 8.24. The maximum Gasteiger partial charge on any atom is 0.261 e. The molecular weight excluding hydrogens is 306 g/mol. The number of hydrogen-bond acceptors (Lipinski definition) is 4. The van der Waals surface area contributed by atoms with Gasteiger partial charge in [0.1, 0.15) is 5.75 Å². The lowest BCUT2D eigenvalue weighted by Gasteiger charge is -2.17. The van der Waals surface area contributed by atoms with Gasteiger partial charge in [0.05, 0.1) is 14.2 Å². The third-order valence-electron chi connectivity index (χ3n) is 3.64. The Morgan fingerprint density at radius 3 is 2.46 bits per heavy atom. The lowest BCUT2D eigenvalue weighted by molar-refractivity contribution is -0.127. The Morgan fingerprint density at radius 2 is 1.75 bits per heavy atom. The topological polar surface area (TPSA) is 56.8 Å². The molecule has 0 bridgehead atoms. The lowest BCUT2D eigenvalue weighted by atomic mass is 10.2. The zero-order valence-electron chi connectivity index (χ0n) is 14.5. The number of amides is 1. The highest BCUT2D eigenvalue weighted by Gasteiger charge is 2.17. The average Bonchev–Trinajstić information content (AvgIpc) is 2.61. The van der Waals surface area contributed by atoms with Gasteiger partial charge in [-0.05, 0) is 37.6 Å². The summed E-state index contributed by atoms with van der Waals surface area (Å²) in [5, 5.41) is 2.86. The summed E-state index contributed by atoms with van der Waals surface area (Å²) in [6.45, 7) is 4.05. The third-order valence-corrected chi connectivity index (χ3v) is 3.64. The van der Waals surface area contributed by atoms with Gasteiger partial charge in [-0.1, -0.05) is 24.3 Å². The van der Waals surface area contributed by atoms with Crippen molar-refractivity contribution >= 4 is 5.91 Å². The summed E-state index contributed by atoms with van der Waals surface area (Å²) in [6, 6.07) is 13.1. The molecule has 0 unspecified atom stereocenters. The number of ether oxygens (including phenoxy) is 3. The molecule has 2 aromatic rings. The number of methoxy groups -OCH3 is 2. The predicted octanol–water partition coefficient (Wildman–Crippen LogP) is 3.10. The Kier molecular flexibility index (Phi) is 6.07. The first-order valence-corrected chi connectivity index (χ1v) is 7.76. The Hall–Kier alpha value is -2.69. The zero-order valence-corrected chi connectivity index (χ0v) is 14.5. The number of hydrogen-bond donors (Lipinski definition) is 1. The highest BCUT2D eigenvalue weighted by Crippen LogP contribution is 2.28. The van der Waals surface area contributed by atoms with Crippen molar-refractivity contribution in [1.29, 1.82) is 0 Å². The van der Waals surface area contributed by atoms with E-state index in [2.05, 4.69) is 5.32 Å². The number of para-hydroxylation sites is 1. The van der Waals surface area contributed by atoms with Crippen LogP contribution in [0.4, 0.5) is 0 Å². The van der Waals surface area contributed by atoms with Crippen LogP contribution < -0.4 is 19.5 Å². The van der Waals surface area contributed by atoms with Crippen LogP contribution in [0.3, 0.4) is 0 Å². The zero-order chi connectivity index (χ0) is 17.5. The average molecular weight is 329 g/mol. The summed E-state index contributed by atoms with van der Waals surface area (Å²) in [7, 11) is 3.18. The second-order valence-corrected chi connectivity index (χ2v) is 5.44. The highest BCUT2D eigenvalue weighted by molar-refractivity contribution is 5.80. The number of benzene rings is 2. The van der Waals surface area contributed by atoms with Crippen molar-refractivity contribution in [3.63, 3.8) is 0 Å². The first-order chi connectivity index (χ1) is 11.5. The van der Waals surface area contributed by atoms with Crippen molar-refractivity contribution in [2.24, 2.45) is 0 Å². The minimum atomic E-state index is -0.642. The molecule has 2 aromatic carbocycles. The van der Waals surface area contributed by atoms with Gasteiger partial charge < -0.3 is 19.5 Å². The van der Waals surface area contributed by atoms with E-state index in [1.54, 1.807) is 27.2 Å². The van der Waals surface area contributed by atoms with Crippen LogP contribution in [0.5, 0.6) is 17.2 Å². The van der Waals surface area contributed by atoms with Crippen LogP contribution in [0.2, 0.25) is 0 Å². The van der Waals surface area contributed by atoms with Crippen molar-refractivity contribution in [2.45, 2.75) is 26.5 Å². The summed E-state index contributed by atoms with van der Waals surface area (Å²) < 4.78 is 16.3. The number of carbonyl (C=O) groups excluding carboxylic acids is 1. The molecule has 0 radical (unpaired) electrons. The van der Waals surface area contributed by atoms with E-state index >= 15 is 0 Å². The highest BCUT2D eigenvalue weighted by atomic mass is 16.5. The lowest BCUT2D eigenvalue weighted by Crippen LogP contribution is -2.36. The quantitative estimate of drug-likeness (QED) is 0.848. The molecule has 5 nitrogen and oxygen atoms in total. The number of nitrogens with one attached hydrogen (secondary N) is 1. The van der Waals surface area contributed by atoms with Crippen molar-refractivity contribution in [3.8, 4) is 17.2 Å². The van der Waals surface area contributed by atoms with Crippen LogP contribution in [0.15, 0.2) is 42.5 Å². The molecule has 5 heteroatoms. The molecule has 0 aliphatic heterocycles. The molecule has 1 atom stereocenters. The molecule has 128 valence electrons. The van der Waals surface area contributed by atoms with Gasteiger partial charge in [0.2, 0.25) is 0 Å². The van der Waals surface area contributed by atoms with Crippen molar-refractivity contribution in [2.75, 3.05) is 14.2 Å². The van der Waals surface area contributed by atoms with E-state index in [4.69, 9.17) is 14.2 Å². The molecule has 0 aliphatic rings. The molecule has 2 rings (SSSR count). The third kappa shape index (κ3) is 4.41. The molecule has 24 heavy (non-hydrogen) atoms. The monoisotopic (exact) mass is 329 g/mol. The summed E-state index contributed by atoms with van der Waals surface area (Å²) in [5.41, 5.74) is 1.97. The van der Waals surface area contributed by atoms with Gasteiger partial charge >= 0.3 is 0 Å². The van der Waals surface area contributed by atoms with Crippen LogP contribution in [0, 0.1) is 6.92 Å². The minimum absolute atomic E-state index is 0.205. The Morgan fingerprint density at radius 1 is 1.04 bits per heavy atom. The van der Waals surface area contributed by atoms with Crippen molar-refractivity contribution in [1.82, 2.24) is 5.32 Å². The van der Waals surface area contributed by atoms with Crippen molar-refractivity contribution in [3.05, 3.63) is 53.6 Å². The second-order valence-electron chi connectivity index (χ2n) is 5.44. The Labute approximate surface area is 142 Å². The van der Waals surface area contributed by atoms with Gasteiger partial charge in [-0.25, -0.2) is 0 Å². The van der Waals surface area contributed by atoms with E-state index in [-0.39, 0.29) is 5.91 Å². The van der Waals surface area contributed by atoms with Gasteiger partial charge in [-0.3, -0.25) is 4.79 Å². The van der Waals surface area contributed by atoms with Crippen LogP contribution in [0.25, 0.3) is 0 Å². The summed E-state index contributed by atoms with van der Waals surface area (Å²) in [5.74, 6) is 1.69. The molecule has 0 saturated carbocycles. The Bertz CT molecular complexity index is 700. The van der Waals surface area contributed by atoms with E-state index in [9.17, 15) is 4.79 Å². The van der Waals surface area contributed by atoms with Gasteiger partial charge in [-0.2, -0.15) is 0 Å². The molecule has 0 heterocycles. The summed E-state index contributed by atoms with van der Waals surface area (Å²) >= 11 is 0. The SMILES string of the molecule is COc1ccccc1CNC(=O)[C@H](C)Oc1ccc(C)cc1OC. The van der Waals surface area contributed by atoms with Gasteiger partial charge in [-0.15, -0.1) is 0 Å². The fourth-order valence-corrected chi connectivity index (χ4v) is 2.29. The summed E-state index contributed by atoms with van der Waals surface area (Å²) in [6.07, 6.45) is -0.642. The van der Waals surface area contributed by atoms with Gasteiger partial charge in [0, 0.05) is 12.1 Å². The maximum absolute atomic E-state index is 12.3. The molecule has 1 amide bonds. The number of carbonyl (C=O) groups is 1. The van der Waals surface area contributed by atoms with E-state index in [1.807, 2.05) is 43.3 Å². The maximum atomic E-state index is 12.3. The fraction of sp³-hybridized carbons (Fsp3) is 0.316. The summed E-state index contributed by atoms with van der Waals surface area (Å²) in [4.78, 5) is 12.3. The molecule has 0 aliphatic carbocycles. The molecule has 0 aromatic heterocycles. The first kappa shape index (κ1) is 17.7. The van der Waals surface area contributed by atoms with Gasteiger partial charge in [0.15, 0.2) is 17.6 Å². The number of rotatable bonds is 7. The molecular formula is C19H23NO4. The fourth-order valence-electron chi connectivity index (χ4n) is 2.29. The molecule has 0 saturated heterocycles. The van der Waals surface area contributed by atoms with Crippen molar-refractivity contribution < 1.29 is 19.0 Å². The first-order valence-electron chi connectivity index (χ1n) is 7.76. The van der Waals surface area contributed by atoms with Crippen LogP contribution in [0.1, 0.15) is 18.1 Å². The normalized spacial score (nSPS) is 11.5. The Balaban J connectivity index is 1.97. The van der Waals surface area contributed by atoms with E-state index in [0.29, 0.717) is 18.0 Å². The van der Waals surface area contributed by atoms with Gasteiger partial charge in [0.25, 0.3) is 5.91 Å². The molecule has 0 spiro atoms. The van der Waals surface area contributed by atoms with E-state index < -0.39 is 6.10 Å². The van der Waals surface area contributed by atoms with Crippen LogP contribution >= 0.6 is 0 Å². The standard InChI is InChI=1S/C19H23NO4/c1-13-9-10-17(18(11-13)23-4)24-14(2)19(21)20-12-15-7-5-6-8-16(15)22-3/h5-11,14H,12H2,1-4H3,(H,20,21)/t14-/m0/s1. The largest absolute Gasteiger partial charge is 0.496 e. The van der Waals surface area contributed by atoms with Crippen LogP contribution in [-0.4, -0.2) is 26.2 Å². The molecule has 0 fully saturated rings. The number of aryl methyl sites for hydroxylation is 1. The van der Waals surface area contributed by atoms with E-state index in [0.717, 1.165) is 16.9 Å². The predicted molar refractivity (Wildman–Crippen MR) is 92.7 cm³/mol. The smallest absolute Gasteiger partial charge is 0.261 e.